The first-order valence-corrected chi connectivity index (χ1v) is 8.70. The Hall–Kier alpha value is -2.11. The molecule has 1 saturated heterocycles. The van der Waals surface area contributed by atoms with Gasteiger partial charge in [0.2, 0.25) is 11.5 Å². The fraction of sp³-hybridized carbons (Fsp3) is 0.611. The summed E-state index contributed by atoms with van der Waals surface area (Å²) in [5.74, 6) is 0.228. The topological polar surface area (TPSA) is 73.5 Å². The molecule has 1 aliphatic carbocycles. The molecule has 2 fully saturated rings. The Labute approximate surface area is 141 Å². The lowest BCUT2D eigenvalue weighted by Crippen LogP contribution is -2.36. The van der Waals surface area contributed by atoms with Gasteiger partial charge in [-0.05, 0) is 25.8 Å². The number of carbonyl (C=O) groups excluding carboxylic acids is 2. The van der Waals surface area contributed by atoms with Gasteiger partial charge in [0.15, 0.2) is 0 Å². The Bertz CT molecular complexity index is 691. The van der Waals surface area contributed by atoms with Gasteiger partial charge < -0.3 is 14.8 Å². The van der Waals surface area contributed by atoms with Crippen LogP contribution in [0, 0.1) is 12.8 Å². The van der Waals surface area contributed by atoms with E-state index in [0.717, 1.165) is 19.4 Å². The van der Waals surface area contributed by atoms with Crippen molar-refractivity contribution in [2.45, 2.75) is 45.1 Å². The molecule has 6 heteroatoms. The third-order valence-electron chi connectivity index (χ3n) is 5.11. The van der Waals surface area contributed by atoms with Crippen LogP contribution in [0.3, 0.4) is 0 Å². The van der Waals surface area contributed by atoms with Crippen LogP contribution in [0.15, 0.2) is 16.9 Å². The number of nitrogens with zero attached hydrogens (tertiary/aromatic N) is 2. The molecule has 1 atom stereocenters. The van der Waals surface area contributed by atoms with Crippen LogP contribution in [-0.2, 0) is 4.79 Å². The SMILES string of the molecule is Cc1cc(C(=O)N(C)CC2CC(=O)N(C3CCCC3)C2)cc(=O)[nH]1. The monoisotopic (exact) mass is 331 g/mol. The maximum atomic E-state index is 12.5. The van der Waals surface area contributed by atoms with Crippen molar-refractivity contribution in [3.8, 4) is 0 Å². The van der Waals surface area contributed by atoms with Crippen LogP contribution < -0.4 is 5.56 Å². The molecular weight excluding hydrogens is 306 g/mol. The molecule has 6 nitrogen and oxygen atoms in total. The van der Waals surface area contributed by atoms with Crippen LogP contribution in [-0.4, -0.2) is 52.8 Å². The molecule has 1 aromatic heterocycles. The molecule has 0 radical (unpaired) electrons. The number of rotatable bonds is 4. The number of amides is 2. The molecule has 1 unspecified atom stereocenters. The molecular formula is C18H25N3O3. The fourth-order valence-corrected chi connectivity index (χ4v) is 4.00. The van der Waals surface area contributed by atoms with E-state index < -0.39 is 0 Å². The van der Waals surface area contributed by atoms with Crippen molar-refractivity contribution in [2.75, 3.05) is 20.1 Å². The first kappa shape index (κ1) is 16.7. The number of aryl methyl sites for hydroxylation is 1. The van der Waals surface area contributed by atoms with Crippen LogP contribution in [0.2, 0.25) is 0 Å². The second-order valence-corrected chi connectivity index (χ2v) is 7.16. The number of carbonyl (C=O) groups is 2. The molecule has 1 N–H and O–H groups in total. The van der Waals surface area contributed by atoms with E-state index in [-0.39, 0.29) is 23.3 Å². The van der Waals surface area contributed by atoms with Gasteiger partial charge in [0.05, 0.1) is 0 Å². The van der Waals surface area contributed by atoms with E-state index in [1.807, 2.05) is 4.90 Å². The lowest BCUT2D eigenvalue weighted by atomic mass is 10.1. The van der Waals surface area contributed by atoms with Crippen LogP contribution in [0.1, 0.15) is 48.2 Å². The maximum Gasteiger partial charge on any atom is 0.253 e. The lowest BCUT2D eigenvalue weighted by molar-refractivity contribution is -0.129. The van der Waals surface area contributed by atoms with E-state index in [1.165, 1.54) is 18.9 Å². The molecule has 0 aromatic carbocycles. The zero-order valence-corrected chi connectivity index (χ0v) is 14.4. The molecule has 2 aliphatic rings. The average Bonchev–Trinajstić information content (AvgIpc) is 3.14. The van der Waals surface area contributed by atoms with Crippen molar-refractivity contribution >= 4 is 11.8 Å². The van der Waals surface area contributed by atoms with E-state index >= 15 is 0 Å². The Morgan fingerprint density at radius 3 is 2.67 bits per heavy atom. The van der Waals surface area contributed by atoms with Gasteiger partial charge in [0.1, 0.15) is 0 Å². The summed E-state index contributed by atoms with van der Waals surface area (Å²) >= 11 is 0. The van der Waals surface area contributed by atoms with Crippen molar-refractivity contribution in [1.29, 1.82) is 0 Å². The second-order valence-electron chi connectivity index (χ2n) is 7.16. The summed E-state index contributed by atoms with van der Waals surface area (Å²) in [7, 11) is 1.74. The third kappa shape index (κ3) is 3.52. The summed E-state index contributed by atoms with van der Waals surface area (Å²) in [6, 6.07) is 3.42. The molecule has 1 aliphatic heterocycles. The van der Waals surface area contributed by atoms with Crippen molar-refractivity contribution in [1.82, 2.24) is 14.8 Å². The van der Waals surface area contributed by atoms with Crippen LogP contribution in [0.5, 0.6) is 0 Å². The van der Waals surface area contributed by atoms with Crippen molar-refractivity contribution in [2.24, 2.45) is 5.92 Å². The highest BCUT2D eigenvalue weighted by atomic mass is 16.2. The maximum absolute atomic E-state index is 12.5. The molecule has 1 aromatic rings. The Morgan fingerprint density at radius 2 is 2.00 bits per heavy atom. The first-order valence-electron chi connectivity index (χ1n) is 8.70. The Balaban J connectivity index is 1.62. The Kier molecular flexibility index (Phi) is 4.73. The van der Waals surface area contributed by atoms with Gasteiger partial charge in [-0.3, -0.25) is 14.4 Å². The minimum Gasteiger partial charge on any atom is -0.341 e. The van der Waals surface area contributed by atoms with E-state index in [0.29, 0.717) is 30.3 Å². The number of hydrogen-bond acceptors (Lipinski definition) is 3. The quantitative estimate of drug-likeness (QED) is 0.910. The molecule has 3 rings (SSSR count). The number of hydrogen-bond donors (Lipinski definition) is 1. The van der Waals surface area contributed by atoms with Crippen molar-refractivity contribution < 1.29 is 9.59 Å². The number of H-pyrrole nitrogens is 1. The molecule has 0 bridgehead atoms. The Morgan fingerprint density at radius 1 is 1.29 bits per heavy atom. The van der Waals surface area contributed by atoms with Gasteiger partial charge in [-0.1, -0.05) is 12.8 Å². The third-order valence-corrected chi connectivity index (χ3v) is 5.11. The van der Waals surface area contributed by atoms with Gasteiger partial charge in [0.25, 0.3) is 5.91 Å². The van der Waals surface area contributed by atoms with Crippen LogP contribution in [0.25, 0.3) is 0 Å². The first-order chi connectivity index (χ1) is 11.4. The molecule has 1 saturated carbocycles. The summed E-state index contributed by atoms with van der Waals surface area (Å²) in [6.07, 6.45) is 5.15. The average molecular weight is 331 g/mol. The van der Waals surface area contributed by atoms with Crippen molar-refractivity contribution in [3.63, 3.8) is 0 Å². The standard InChI is InChI=1S/C18H25N3O3/c1-12-7-14(9-16(22)19-12)18(24)20(2)10-13-8-17(23)21(11-13)15-5-3-4-6-15/h7,9,13,15H,3-6,8,10-11H2,1-2H3,(H,19,22). The van der Waals surface area contributed by atoms with Gasteiger partial charge >= 0.3 is 0 Å². The van der Waals surface area contributed by atoms with Crippen molar-refractivity contribution in [3.05, 3.63) is 33.7 Å². The fourth-order valence-electron chi connectivity index (χ4n) is 4.00. The van der Waals surface area contributed by atoms with E-state index in [1.54, 1.807) is 24.9 Å². The highest BCUT2D eigenvalue weighted by Gasteiger charge is 2.36. The molecule has 0 spiro atoms. The van der Waals surface area contributed by atoms with Gasteiger partial charge in [0, 0.05) is 55.8 Å². The zero-order valence-electron chi connectivity index (χ0n) is 14.4. The van der Waals surface area contributed by atoms with Gasteiger partial charge in [-0.25, -0.2) is 0 Å². The minimum absolute atomic E-state index is 0.170. The predicted molar refractivity (Wildman–Crippen MR) is 90.8 cm³/mol. The summed E-state index contributed by atoms with van der Waals surface area (Å²) in [5, 5.41) is 0. The molecule has 2 amide bonds. The number of aromatic amines is 1. The molecule has 24 heavy (non-hydrogen) atoms. The summed E-state index contributed by atoms with van der Waals surface area (Å²) < 4.78 is 0. The van der Waals surface area contributed by atoms with E-state index in [2.05, 4.69) is 4.98 Å². The van der Waals surface area contributed by atoms with Gasteiger partial charge in [-0.2, -0.15) is 0 Å². The van der Waals surface area contributed by atoms with Gasteiger partial charge in [-0.15, -0.1) is 0 Å². The summed E-state index contributed by atoms with van der Waals surface area (Å²) in [5.41, 5.74) is 0.800. The summed E-state index contributed by atoms with van der Waals surface area (Å²) in [6.45, 7) is 3.04. The second kappa shape index (κ2) is 6.79. The zero-order chi connectivity index (χ0) is 17.3. The number of pyridine rings is 1. The van der Waals surface area contributed by atoms with Crippen LogP contribution >= 0.6 is 0 Å². The molecule has 2 heterocycles. The largest absolute Gasteiger partial charge is 0.341 e. The highest BCUT2D eigenvalue weighted by molar-refractivity contribution is 5.94. The number of nitrogens with one attached hydrogen (secondary N) is 1. The number of likely N-dealkylation sites (tertiary alicyclic amines) is 1. The minimum atomic E-state index is -0.268. The molecule has 130 valence electrons. The van der Waals surface area contributed by atoms with E-state index in [9.17, 15) is 14.4 Å². The smallest absolute Gasteiger partial charge is 0.253 e. The highest BCUT2D eigenvalue weighted by Crippen LogP contribution is 2.29. The van der Waals surface area contributed by atoms with Crippen LogP contribution in [0.4, 0.5) is 0 Å². The lowest BCUT2D eigenvalue weighted by Gasteiger charge is -2.25. The normalized spacial score (nSPS) is 21.5. The van der Waals surface area contributed by atoms with E-state index in [4.69, 9.17) is 0 Å². The number of aromatic nitrogens is 1. The summed E-state index contributed by atoms with van der Waals surface area (Å²) in [4.78, 5) is 42.6. The predicted octanol–water partition coefficient (Wildman–Crippen LogP) is 1.55.